The molecule has 1 aliphatic carbocycles. The summed E-state index contributed by atoms with van der Waals surface area (Å²) >= 11 is 0. The Hall–Kier alpha value is -0.0400. The molecule has 1 saturated carbocycles. The molecule has 1 heterocycles. The van der Waals surface area contributed by atoms with Gasteiger partial charge in [0.15, 0.2) is 0 Å². The summed E-state index contributed by atoms with van der Waals surface area (Å²) in [6, 6.07) is 0. The molecule has 0 N–H and O–H groups in total. The van der Waals surface area contributed by atoms with Gasteiger partial charge in [-0.05, 0) is 51.5 Å². The lowest BCUT2D eigenvalue weighted by atomic mass is 9.90. The van der Waals surface area contributed by atoms with Crippen LogP contribution in [0.2, 0.25) is 0 Å². The maximum absolute atomic E-state index is 2.67. The number of rotatable bonds is 1. The lowest BCUT2D eigenvalue weighted by Crippen LogP contribution is -2.46. The maximum atomic E-state index is 2.67. The van der Waals surface area contributed by atoms with Crippen LogP contribution in [0, 0.1) is 11.3 Å². The fraction of sp³-hybridized carbons (Fsp3) is 1.00. The molecular weight excluding hydrogens is 158 g/mol. The van der Waals surface area contributed by atoms with E-state index in [9.17, 15) is 0 Å². The molecule has 1 nitrogen and oxygen atoms in total. The van der Waals surface area contributed by atoms with Crippen molar-refractivity contribution in [1.29, 1.82) is 0 Å². The predicted octanol–water partition coefficient (Wildman–Crippen LogP) is 2.91. The van der Waals surface area contributed by atoms with Gasteiger partial charge >= 0.3 is 0 Å². The van der Waals surface area contributed by atoms with E-state index in [0.29, 0.717) is 5.54 Å². The Morgan fingerprint density at radius 1 is 1.38 bits per heavy atom. The lowest BCUT2D eigenvalue weighted by molar-refractivity contribution is 0.0826. The number of hydrogen-bond donors (Lipinski definition) is 0. The van der Waals surface area contributed by atoms with Gasteiger partial charge in [0.25, 0.3) is 0 Å². The van der Waals surface area contributed by atoms with Crippen LogP contribution in [-0.4, -0.2) is 23.5 Å². The van der Waals surface area contributed by atoms with E-state index >= 15 is 0 Å². The Morgan fingerprint density at radius 2 is 2.08 bits per heavy atom. The van der Waals surface area contributed by atoms with E-state index in [2.05, 4.69) is 32.6 Å². The van der Waals surface area contributed by atoms with E-state index in [1.807, 2.05) is 0 Å². The molecule has 2 rings (SSSR count). The monoisotopic (exact) mass is 181 g/mol. The second kappa shape index (κ2) is 2.73. The van der Waals surface area contributed by atoms with Gasteiger partial charge in [-0.15, -0.1) is 0 Å². The zero-order valence-corrected chi connectivity index (χ0v) is 9.56. The smallest absolute Gasteiger partial charge is 0.0125 e. The molecule has 0 bridgehead atoms. The Morgan fingerprint density at radius 3 is 2.54 bits per heavy atom. The molecule has 1 aliphatic heterocycles. The lowest BCUT2D eigenvalue weighted by Gasteiger charge is -2.40. The third-order valence-corrected chi connectivity index (χ3v) is 4.33. The van der Waals surface area contributed by atoms with Gasteiger partial charge < -0.3 is 0 Å². The summed E-state index contributed by atoms with van der Waals surface area (Å²) in [7, 11) is 0. The number of likely N-dealkylation sites (tertiary alicyclic amines) is 1. The number of piperidine rings is 1. The summed E-state index contributed by atoms with van der Waals surface area (Å²) in [4.78, 5) is 2.67. The highest BCUT2D eigenvalue weighted by Crippen LogP contribution is 2.60. The third-order valence-electron chi connectivity index (χ3n) is 4.33. The molecule has 1 saturated heterocycles. The summed E-state index contributed by atoms with van der Waals surface area (Å²) in [5.74, 6) is 1.03. The van der Waals surface area contributed by atoms with Crippen LogP contribution in [0.3, 0.4) is 0 Å². The van der Waals surface area contributed by atoms with Gasteiger partial charge in [-0.1, -0.05) is 13.3 Å². The Bertz CT molecular complexity index is 204. The van der Waals surface area contributed by atoms with E-state index in [4.69, 9.17) is 0 Å². The first kappa shape index (κ1) is 9.51. The third kappa shape index (κ3) is 1.52. The van der Waals surface area contributed by atoms with Crippen LogP contribution in [-0.2, 0) is 0 Å². The second-order valence-corrected chi connectivity index (χ2v) is 5.98. The molecule has 1 heteroatoms. The highest BCUT2D eigenvalue weighted by molar-refractivity contribution is 5.06. The van der Waals surface area contributed by atoms with Gasteiger partial charge in [0.1, 0.15) is 0 Å². The molecular formula is C12H23N. The van der Waals surface area contributed by atoms with Crippen molar-refractivity contribution >= 4 is 0 Å². The summed E-state index contributed by atoms with van der Waals surface area (Å²) in [5.41, 5.74) is 1.18. The van der Waals surface area contributed by atoms with Crippen LogP contribution in [0.15, 0.2) is 0 Å². The minimum atomic E-state index is 0.391. The molecule has 0 amide bonds. The molecule has 0 spiro atoms. The molecule has 0 aromatic heterocycles. The molecule has 2 atom stereocenters. The second-order valence-electron chi connectivity index (χ2n) is 5.98. The molecule has 0 aromatic carbocycles. The highest BCUT2D eigenvalue weighted by atomic mass is 15.2. The molecule has 2 fully saturated rings. The first-order chi connectivity index (χ1) is 5.98. The molecule has 0 aromatic rings. The van der Waals surface area contributed by atoms with E-state index in [-0.39, 0.29) is 0 Å². The summed E-state index contributed by atoms with van der Waals surface area (Å²) < 4.78 is 0. The van der Waals surface area contributed by atoms with Crippen LogP contribution >= 0.6 is 0 Å². The average Bonchev–Trinajstić information content (AvgIpc) is 2.75. The molecule has 2 unspecified atom stereocenters. The van der Waals surface area contributed by atoms with Crippen LogP contribution in [0.5, 0.6) is 0 Å². The van der Waals surface area contributed by atoms with Crippen molar-refractivity contribution in [2.45, 2.75) is 52.5 Å². The first-order valence-electron chi connectivity index (χ1n) is 5.73. The first-order valence-corrected chi connectivity index (χ1v) is 5.73. The van der Waals surface area contributed by atoms with E-state index in [1.54, 1.807) is 0 Å². The van der Waals surface area contributed by atoms with Crippen molar-refractivity contribution in [2.75, 3.05) is 13.1 Å². The van der Waals surface area contributed by atoms with Crippen LogP contribution in [0.4, 0.5) is 0 Å². The predicted molar refractivity (Wildman–Crippen MR) is 56.8 cm³/mol. The van der Waals surface area contributed by atoms with Crippen molar-refractivity contribution in [3.63, 3.8) is 0 Å². The summed E-state index contributed by atoms with van der Waals surface area (Å²) in [6.45, 7) is 12.1. The largest absolute Gasteiger partial charge is 0.298 e. The average molecular weight is 181 g/mol. The van der Waals surface area contributed by atoms with Gasteiger partial charge in [-0.25, -0.2) is 0 Å². The van der Waals surface area contributed by atoms with Gasteiger partial charge in [-0.2, -0.15) is 0 Å². The van der Waals surface area contributed by atoms with Gasteiger partial charge in [0.2, 0.25) is 0 Å². The molecule has 0 radical (unpaired) electrons. The normalized spacial score (nSPS) is 40.2. The maximum Gasteiger partial charge on any atom is 0.0125 e. The quantitative estimate of drug-likeness (QED) is 0.601. The van der Waals surface area contributed by atoms with Gasteiger partial charge in [0, 0.05) is 12.1 Å². The number of fused-ring (bicyclic) bond motifs is 1. The zero-order valence-electron chi connectivity index (χ0n) is 9.56. The van der Waals surface area contributed by atoms with E-state index in [0.717, 1.165) is 11.3 Å². The van der Waals surface area contributed by atoms with Crippen LogP contribution < -0.4 is 0 Å². The van der Waals surface area contributed by atoms with Crippen LogP contribution in [0.1, 0.15) is 47.0 Å². The zero-order chi connectivity index (χ0) is 9.69. The van der Waals surface area contributed by atoms with E-state index in [1.165, 1.54) is 32.4 Å². The minimum Gasteiger partial charge on any atom is -0.298 e. The Balaban J connectivity index is 1.97. The van der Waals surface area contributed by atoms with Crippen molar-refractivity contribution in [3.05, 3.63) is 0 Å². The van der Waals surface area contributed by atoms with Gasteiger partial charge in [-0.3, -0.25) is 4.90 Å². The minimum absolute atomic E-state index is 0.391. The number of nitrogens with zero attached hydrogens (tertiary/aromatic N) is 1. The fourth-order valence-corrected chi connectivity index (χ4v) is 2.93. The standard InChI is InChI=1S/C12H23N/c1-5-12-6-7-13(11(2,3)4)9-10(12)8-12/h10H,5-9H2,1-4H3. The highest BCUT2D eigenvalue weighted by Gasteiger charge is 2.55. The molecule has 76 valence electrons. The summed E-state index contributed by atoms with van der Waals surface area (Å²) in [5, 5.41) is 0. The van der Waals surface area contributed by atoms with Crippen molar-refractivity contribution in [1.82, 2.24) is 4.90 Å². The topological polar surface area (TPSA) is 3.24 Å². The number of hydrogen-bond acceptors (Lipinski definition) is 1. The van der Waals surface area contributed by atoms with Crippen molar-refractivity contribution in [3.8, 4) is 0 Å². The van der Waals surface area contributed by atoms with E-state index < -0.39 is 0 Å². The molecule has 13 heavy (non-hydrogen) atoms. The molecule has 2 aliphatic rings. The van der Waals surface area contributed by atoms with Crippen LogP contribution in [0.25, 0.3) is 0 Å². The SMILES string of the molecule is CCC12CCN(C(C)(C)C)CC1C2. The Labute approximate surface area is 82.5 Å². The Kier molecular flexibility index (Phi) is 1.99. The van der Waals surface area contributed by atoms with Gasteiger partial charge in [0.05, 0.1) is 0 Å². The fourth-order valence-electron chi connectivity index (χ4n) is 2.93. The van der Waals surface area contributed by atoms with Crippen molar-refractivity contribution < 1.29 is 0 Å². The van der Waals surface area contributed by atoms with Crippen molar-refractivity contribution in [2.24, 2.45) is 11.3 Å². The summed E-state index contributed by atoms with van der Waals surface area (Å²) in [6.07, 6.45) is 4.37.